The molecule has 5 atom stereocenters. The van der Waals surface area contributed by atoms with Crippen molar-refractivity contribution in [1.82, 2.24) is 4.31 Å². The molecule has 5 nitrogen and oxygen atoms in total. The summed E-state index contributed by atoms with van der Waals surface area (Å²) in [4.78, 5) is 0.382. The fraction of sp³-hybridized carbons (Fsp3) is 0.280. The molecule has 0 amide bonds. The third-order valence-corrected chi connectivity index (χ3v) is 8.30. The van der Waals surface area contributed by atoms with Crippen LogP contribution in [-0.2, 0) is 10.0 Å². The van der Waals surface area contributed by atoms with E-state index in [1.54, 1.807) is 16.4 Å². The summed E-state index contributed by atoms with van der Waals surface area (Å²) in [6, 6.07) is 27.8. The summed E-state index contributed by atoms with van der Waals surface area (Å²) < 4.78 is 28.3. The van der Waals surface area contributed by atoms with Crippen molar-refractivity contribution in [2.75, 3.05) is 10.6 Å². The van der Waals surface area contributed by atoms with Gasteiger partial charge in [-0.3, -0.25) is 0 Å². The van der Waals surface area contributed by atoms with E-state index in [0.717, 1.165) is 29.8 Å². The number of nitrogens with one attached hydrogen (secondary N) is 2. The maximum atomic E-state index is 13.3. The van der Waals surface area contributed by atoms with Gasteiger partial charge in [0.15, 0.2) is 0 Å². The molecule has 2 N–H and O–H groups in total. The number of fused-ring (bicyclic) bond motifs is 1. The van der Waals surface area contributed by atoms with Crippen molar-refractivity contribution in [3.05, 3.63) is 90.5 Å². The average molecular weight is 434 g/mol. The van der Waals surface area contributed by atoms with Gasteiger partial charge in [0, 0.05) is 35.5 Å². The standard InChI is InChI=1S/C25H27N3O2S/c1-18-12-14-21(15-13-18)31(29,30)28-24-16-22(26-19-8-4-2-5-9-19)23(17-25(24)28)27-20-10-6-3-7-11-20/h2-15,22-27H,16-17H2,1H3/t22-,23-,24-,25+,28?/m0/s1. The summed E-state index contributed by atoms with van der Waals surface area (Å²) in [5.41, 5.74) is 3.17. The molecule has 1 aliphatic heterocycles. The van der Waals surface area contributed by atoms with Crippen LogP contribution < -0.4 is 10.6 Å². The molecule has 3 aromatic carbocycles. The van der Waals surface area contributed by atoms with Crippen molar-refractivity contribution < 1.29 is 8.42 Å². The number of hydrogen-bond donors (Lipinski definition) is 2. The van der Waals surface area contributed by atoms with Gasteiger partial charge < -0.3 is 10.6 Å². The predicted molar refractivity (Wildman–Crippen MR) is 125 cm³/mol. The van der Waals surface area contributed by atoms with Crippen LogP contribution in [-0.4, -0.2) is 36.9 Å². The summed E-state index contributed by atoms with van der Waals surface area (Å²) in [5, 5.41) is 7.29. The summed E-state index contributed by atoms with van der Waals surface area (Å²) in [7, 11) is -3.48. The van der Waals surface area contributed by atoms with Crippen LogP contribution in [0.5, 0.6) is 0 Å². The highest BCUT2D eigenvalue weighted by atomic mass is 32.2. The molecule has 1 saturated carbocycles. The number of nitrogens with zero attached hydrogens (tertiary/aromatic N) is 1. The van der Waals surface area contributed by atoms with E-state index in [0.29, 0.717) is 4.90 Å². The highest BCUT2D eigenvalue weighted by molar-refractivity contribution is 7.89. The zero-order chi connectivity index (χ0) is 21.4. The monoisotopic (exact) mass is 433 g/mol. The van der Waals surface area contributed by atoms with E-state index in [4.69, 9.17) is 0 Å². The van der Waals surface area contributed by atoms with Crippen LogP contribution in [0.3, 0.4) is 0 Å². The predicted octanol–water partition coefficient (Wildman–Crippen LogP) is 4.49. The van der Waals surface area contributed by atoms with Gasteiger partial charge in [-0.25, -0.2) is 8.42 Å². The minimum atomic E-state index is -3.48. The van der Waals surface area contributed by atoms with Crippen LogP contribution in [0.25, 0.3) is 0 Å². The second-order valence-corrected chi connectivity index (χ2v) is 10.3. The lowest BCUT2D eigenvalue weighted by molar-refractivity contribution is 0.472. The lowest BCUT2D eigenvalue weighted by Gasteiger charge is -2.33. The van der Waals surface area contributed by atoms with Gasteiger partial charge in [0.2, 0.25) is 10.0 Å². The van der Waals surface area contributed by atoms with Crippen LogP contribution >= 0.6 is 0 Å². The molecule has 1 aliphatic carbocycles. The van der Waals surface area contributed by atoms with Crippen LogP contribution in [0.1, 0.15) is 18.4 Å². The van der Waals surface area contributed by atoms with Crippen molar-refractivity contribution >= 4 is 21.4 Å². The smallest absolute Gasteiger partial charge is 0.243 e. The number of anilines is 2. The van der Waals surface area contributed by atoms with Crippen molar-refractivity contribution in [3.8, 4) is 0 Å². The first-order valence-corrected chi connectivity index (χ1v) is 12.2. The molecular weight excluding hydrogens is 406 g/mol. The van der Waals surface area contributed by atoms with Crippen molar-refractivity contribution in [3.63, 3.8) is 0 Å². The van der Waals surface area contributed by atoms with Crippen molar-refractivity contribution in [2.45, 2.75) is 48.8 Å². The van der Waals surface area contributed by atoms with Crippen LogP contribution in [0.15, 0.2) is 89.8 Å². The topological polar surface area (TPSA) is 61.2 Å². The Balaban J connectivity index is 1.39. The molecule has 3 aromatic rings. The number of para-hydroxylation sites is 2. The SMILES string of the molecule is Cc1ccc(S(=O)(=O)N2[C@@H]3C[C@H](Nc4ccccc4)[C@@H](Nc4ccccc4)C[C@@H]32)cc1. The lowest BCUT2D eigenvalue weighted by Crippen LogP contribution is -2.44. The number of aryl methyl sites for hydroxylation is 1. The first-order valence-electron chi connectivity index (χ1n) is 10.8. The van der Waals surface area contributed by atoms with Crippen LogP contribution in [0, 0.1) is 6.92 Å². The second kappa shape index (κ2) is 8.02. The second-order valence-electron chi connectivity index (χ2n) is 8.49. The molecule has 5 rings (SSSR count). The third kappa shape index (κ3) is 4.05. The van der Waals surface area contributed by atoms with Gasteiger partial charge in [0.25, 0.3) is 0 Å². The van der Waals surface area contributed by atoms with Crippen molar-refractivity contribution in [2.24, 2.45) is 0 Å². The highest BCUT2D eigenvalue weighted by Gasteiger charge is 2.59. The fourth-order valence-electron chi connectivity index (χ4n) is 4.68. The molecule has 2 aliphatic rings. The van der Waals surface area contributed by atoms with E-state index in [1.165, 1.54) is 0 Å². The molecule has 1 unspecified atom stereocenters. The molecule has 6 heteroatoms. The molecule has 0 bridgehead atoms. The van der Waals surface area contributed by atoms with Gasteiger partial charge in [-0.1, -0.05) is 54.1 Å². The van der Waals surface area contributed by atoms with E-state index < -0.39 is 10.0 Å². The van der Waals surface area contributed by atoms with Crippen molar-refractivity contribution in [1.29, 1.82) is 0 Å². The van der Waals surface area contributed by atoms with Gasteiger partial charge in [-0.15, -0.1) is 0 Å². The van der Waals surface area contributed by atoms with E-state index in [2.05, 4.69) is 34.9 Å². The Hall–Kier alpha value is -2.83. The summed E-state index contributed by atoms with van der Waals surface area (Å²) in [6.07, 6.45) is 1.55. The Kier molecular flexibility index (Phi) is 5.20. The molecular formula is C25H27N3O2S. The first-order chi connectivity index (χ1) is 15.0. The quantitative estimate of drug-likeness (QED) is 0.562. The van der Waals surface area contributed by atoms with E-state index >= 15 is 0 Å². The summed E-state index contributed by atoms with van der Waals surface area (Å²) in [6.45, 7) is 1.97. The van der Waals surface area contributed by atoms with Gasteiger partial charge in [0.05, 0.1) is 4.90 Å². The van der Waals surface area contributed by atoms with Crippen LogP contribution in [0.4, 0.5) is 11.4 Å². The molecule has 31 heavy (non-hydrogen) atoms. The maximum Gasteiger partial charge on any atom is 0.243 e. The van der Waals surface area contributed by atoms with Gasteiger partial charge in [0.1, 0.15) is 0 Å². The molecule has 0 spiro atoms. The van der Waals surface area contributed by atoms with Gasteiger partial charge in [-0.2, -0.15) is 4.31 Å². The summed E-state index contributed by atoms with van der Waals surface area (Å²) in [5.74, 6) is 0. The zero-order valence-electron chi connectivity index (χ0n) is 17.5. The van der Waals surface area contributed by atoms with Gasteiger partial charge in [-0.05, 0) is 56.2 Å². The Labute approximate surface area is 184 Å². The molecule has 0 aromatic heterocycles. The third-order valence-electron chi connectivity index (χ3n) is 6.33. The van der Waals surface area contributed by atoms with E-state index in [-0.39, 0.29) is 24.2 Å². The molecule has 1 heterocycles. The van der Waals surface area contributed by atoms with Crippen LogP contribution in [0.2, 0.25) is 0 Å². The Bertz CT molecular complexity index is 1080. The Morgan fingerprint density at radius 1 is 0.710 bits per heavy atom. The van der Waals surface area contributed by atoms with Gasteiger partial charge >= 0.3 is 0 Å². The largest absolute Gasteiger partial charge is 0.380 e. The maximum absolute atomic E-state index is 13.3. The molecule has 2 fully saturated rings. The minimum Gasteiger partial charge on any atom is -0.380 e. The Morgan fingerprint density at radius 3 is 1.61 bits per heavy atom. The Morgan fingerprint density at radius 2 is 1.16 bits per heavy atom. The minimum absolute atomic E-state index is 0.0429. The number of rotatable bonds is 6. The number of hydrogen-bond acceptors (Lipinski definition) is 4. The summed E-state index contributed by atoms with van der Waals surface area (Å²) >= 11 is 0. The first kappa shape index (κ1) is 20.1. The number of sulfonamides is 1. The number of benzene rings is 3. The lowest BCUT2D eigenvalue weighted by atomic mass is 9.90. The molecule has 160 valence electrons. The fourth-order valence-corrected chi connectivity index (χ4v) is 6.52. The van der Waals surface area contributed by atoms with E-state index in [9.17, 15) is 8.42 Å². The zero-order valence-corrected chi connectivity index (χ0v) is 18.3. The molecule has 1 saturated heterocycles. The normalized spacial score (nSPS) is 27.2. The highest BCUT2D eigenvalue weighted by Crippen LogP contribution is 2.46. The average Bonchev–Trinajstić information content (AvgIpc) is 3.49. The molecule has 0 radical (unpaired) electrons. The van der Waals surface area contributed by atoms with E-state index in [1.807, 2.05) is 55.5 Å².